The lowest BCUT2D eigenvalue weighted by molar-refractivity contribution is -0.218. The number of hydrogen-bond acceptors (Lipinski definition) is 8. The first kappa shape index (κ1) is 22.4. The molecule has 2 bridgehead atoms. The highest BCUT2D eigenvalue weighted by Crippen LogP contribution is 2.70. The highest BCUT2D eigenvalue weighted by Gasteiger charge is 2.79. The van der Waals surface area contributed by atoms with Crippen LogP contribution in [-0.2, 0) is 9.53 Å². The standard InChI is InChI=1S/C22H36O8/c1-10(23)30-13-8-21-9-19(4,27)11(16(21)25)6-7-12(21)20(5,28)15-14(24)17(26)18(2,3)22(13,15)29/h11-17,24-29H,6-9H2,1-5H3/t11-,12-,13-,14-,15-,16+,17+,19-,20-,21+,22+/m0/s1. The van der Waals surface area contributed by atoms with Gasteiger partial charge in [-0.2, -0.15) is 0 Å². The maximum Gasteiger partial charge on any atom is 0.303 e. The molecule has 0 aliphatic heterocycles. The first-order valence-corrected chi connectivity index (χ1v) is 10.9. The smallest absolute Gasteiger partial charge is 0.303 e. The molecule has 0 aromatic heterocycles. The van der Waals surface area contributed by atoms with Crippen LogP contribution in [0, 0.1) is 28.6 Å². The number of aliphatic hydroxyl groups excluding tert-OH is 3. The van der Waals surface area contributed by atoms with Crippen LogP contribution in [0.2, 0.25) is 0 Å². The van der Waals surface area contributed by atoms with E-state index in [0.717, 1.165) is 0 Å². The molecule has 4 fully saturated rings. The Kier molecular flexibility index (Phi) is 4.61. The van der Waals surface area contributed by atoms with Crippen molar-refractivity contribution in [2.75, 3.05) is 0 Å². The fourth-order valence-electron chi connectivity index (χ4n) is 8.25. The molecule has 30 heavy (non-hydrogen) atoms. The van der Waals surface area contributed by atoms with Crippen molar-refractivity contribution in [1.82, 2.24) is 0 Å². The molecule has 0 saturated heterocycles. The Morgan fingerprint density at radius 2 is 1.57 bits per heavy atom. The highest BCUT2D eigenvalue weighted by molar-refractivity contribution is 5.66. The van der Waals surface area contributed by atoms with Crippen LogP contribution in [0.25, 0.3) is 0 Å². The zero-order valence-electron chi connectivity index (χ0n) is 18.4. The Morgan fingerprint density at radius 3 is 2.13 bits per heavy atom. The number of carbonyl (C=O) groups excluding carboxylic acids is 1. The summed E-state index contributed by atoms with van der Waals surface area (Å²) < 4.78 is 5.61. The van der Waals surface area contributed by atoms with Gasteiger partial charge < -0.3 is 35.4 Å². The third-order valence-corrected chi connectivity index (χ3v) is 9.53. The minimum absolute atomic E-state index is 0.0249. The van der Waals surface area contributed by atoms with Gasteiger partial charge in [0.05, 0.1) is 29.5 Å². The molecule has 1 spiro atoms. The van der Waals surface area contributed by atoms with Crippen LogP contribution in [0.3, 0.4) is 0 Å². The fraction of sp³-hybridized carbons (Fsp3) is 0.955. The van der Waals surface area contributed by atoms with Crippen molar-refractivity contribution in [2.45, 2.75) is 102 Å². The minimum Gasteiger partial charge on any atom is -0.459 e. The van der Waals surface area contributed by atoms with Gasteiger partial charge in [-0.3, -0.25) is 4.79 Å². The second kappa shape index (κ2) is 6.17. The first-order chi connectivity index (χ1) is 13.5. The van der Waals surface area contributed by atoms with Crippen molar-refractivity contribution in [3.63, 3.8) is 0 Å². The monoisotopic (exact) mass is 428 g/mol. The van der Waals surface area contributed by atoms with Gasteiger partial charge in [-0.15, -0.1) is 0 Å². The summed E-state index contributed by atoms with van der Waals surface area (Å²) in [5, 5.41) is 68.2. The molecule has 0 amide bonds. The van der Waals surface area contributed by atoms with E-state index in [4.69, 9.17) is 4.74 Å². The summed E-state index contributed by atoms with van der Waals surface area (Å²) >= 11 is 0. The quantitative estimate of drug-likeness (QED) is 0.312. The Labute approximate surface area is 176 Å². The summed E-state index contributed by atoms with van der Waals surface area (Å²) in [6, 6.07) is 0. The van der Waals surface area contributed by atoms with Gasteiger partial charge in [-0.05, 0) is 45.4 Å². The molecule has 172 valence electrons. The number of aliphatic hydroxyl groups is 6. The molecule has 6 N–H and O–H groups in total. The van der Waals surface area contributed by atoms with Gasteiger partial charge in [0.1, 0.15) is 11.7 Å². The van der Waals surface area contributed by atoms with E-state index in [1.807, 2.05) is 0 Å². The van der Waals surface area contributed by atoms with E-state index in [1.165, 1.54) is 13.8 Å². The summed E-state index contributed by atoms with van der Waals surface area (Å²) in [4.78, 5) is 12.0. The molecule has 4 aliphatic rings. The predicted octanol–water partition coefficient (Wildman–Crippen LogP) is -0.290. The summed E-state index contributed by atoms with van der Waals surface area (Å²) in [5.74, 6) is -2.81. The van der Waals surface area contributed by atoms with E-state index in [1.54, 1.807) is 20.8 Å². The number of ether oxygens (including phenoxy) is 1. The molecule has 4 saturated carbocycles. The topological polar surface area (TPSA) is 148 Å². The van der Waals surface area contributed by atoms with E-state index >= 15 is 0 Å². The van der Waals surface area contributed by atoms with Crippen molar-refractivity contribution in [2.24, 2.45) is 28.6 Å². The van der Waals surface area contributed by atoms with Gasteiger partial charge in [0, 0.05) is 29.6 Å². The van der Waals surface area contributed by atoms with Crippen LogP contribution < -0.4 is 0 Å². The summed E-state index contributed by atoms with van der Waals surface area (Å²) in [6.07, 6.45) is -3.76. The van der Waals surface area contributed by atoms with Crippen LogP contribution in [0.5, 0.6) is 0 Å². The van der Waals surface area contributed by atoms with Gasteiger partial charge in [0.2, 0.25) is 0 Å². The number of hydrogen-bond donors (Lipinski definition) is 6. The second-order valence-corrected chi connectivity index (χ2v) is 11.4. The molecule has 8 heteroatoms. The Balaban J connectivity index is 1.96. The lowest BCUT2D eigenvalue weighted by Crippen LogP contribution is -2.62. The number of rotatable bonds is 1. The molecular formula is C22H36O8. The summed E-state index contributed by atoms with van der Waals surface area (Å²) in [5.41, 5.74) is -7.12. The van der Waals surface area contributed by atoms with E-state index in [9.17, 15) is 35.4 Å². The van der Waals surface area contributed by atoms with E-state index in [2.05, 4.69) is 0 Å². The zero-order chi connectivity index (χ0) is 22.7. The van der Waals surface area contributed by atoms with Crippen molar-refractivity contribution < 1.29 is 40.2 Å². The highest BCUT2D eigenvalue weighted by atomic mass is 16.6. The normalized spacial score (nSPS) is 59.2. The average molecular weight is 429 g/mol. The second-order valence-electron chi connectivity index (χ2n) is 11.4. The SMILES string of the molecule is CC(=O)O[C@H]1C[C@@]23C[C@](C)(O)[C@@H](CC[C@H]2[C@](C)(O)[C@@H]2[C@H](O)[C@@H](O)C(C)(C)[C@@]12O)[C@H]3O. The van der Waals surface area contributed by atoms with Crippen molar-refractivity contribution in [3.05, 3.63) is 0 Å². The molecule has 8 nitrogen and oxygen atoms in total. The molecule has 0 aromatic rings. The minimum atomic E-state index is -1.95. The van der Waals surface area contributed by atoms with Crippen LogP contribution in [0.1, 0.15) is 60.3 Å². The largest absolute Gasteiger partial charge is 0.459 e. The van der Waals surface area contributed by atoms with Crippen LogP contribution in [0.15, 0.2) is 0 Å². The van der Waals surface area contributed by atoms with Crippen LogP contribution in [-0.4, -0.2) is 77.8 Å². The van der Waals surface area contributed by atoms with Crippen LogP contribution >= 0.6 is 0 Å². The van der Waals surface area contributed by atoms with Gasteiger partial charge in [0.25, 0.3) is 0 Å². The first-order valence-electron chi connectivity index (χ1n) is 10.9. The Hall–Kier alpha value is -0.770. The maximum absolute atomic E-state index is 12.1. The molecule has 11 atom stereocenters. The van der Waals surface area contributed by atoms with E-state index in [0.29, 0.717) is 12.8 Å². The van der Waals surface area contributed by atoms with E-state index in [-0.39, 0.29) is 12.8 Å². The third kappa shape index (κ3) is 2.41. The zero-order valence-corrected chi connectivity index (χ0v) is 18.4. The lowest BCUT2D eigenvalue weighted by Gasteiger charge is -2.51. The molecule has 0 radical (unpaired) electrons. The molecule has 4 rings (SSSR count). The Bertz CT molecular complexity index is 747. The van der Waals surface area contributed by atoms with Gasteiger partial charge in [-0.25, -0.2) is 0 Å². The predicted molar refractivity (Wildman–Crippen MR) is 105 cm³/mol. The van der Waals surface area contributed by atoms with Gasteiger partial charge in [0.15, 0.2) is 0 Å². The molecule has 0 heterocycles. The maximum atomic E-state index is 12.1. The van der Waals surface area contributed by atoms with Crippen molar-refractivity contribution >= 4 is 5.97 Å². The summed E-state index contributed by atoms with van der Waals surface area (Å²) in [6.45, 7) is 7.60. The third-order valence-electron chi connectivity index (χ3n) is 9.53. The average Bonchev–Trinajstić information content (AvgIpc) is 2.77. The lowest BCUT2D eigenvalue weighted by atomic mass is 9.57. The molecule has 0 aromatic carbocycles. The van der Waals surface area contributed by atoms with Crippen molar-refractivity contribution in [1.29, 1.82) is 0 Å². The van der Waals surface area contributed by atoms with Crippen molar-refractivity contribution in [3.8, 4) is 0 Å². The molecule has 0 unspecified atom stereocenters. The van der Waals surface area contributed by atoms with Gasteiger partial charge >= 0.3 is 5.97 Å². The van der Waals surface area contributed by atoms with Crippen LogP contribution in [0.4, 0.5) is 0 Å². The molecule has 4 aliphatic carbocycles. The Morgan fingerprint density at radius 1 is 0.967 bits per heavy atom. The fourth-order valence-corrected chi connectivity index (χ4v) is 8.25. The molecular weight excluding hydrogens is 392 g/mol. The van der Waals surface area contributed by atoms with Gasteiger partial charge in [-0.1, -0.05) is 13.8 Å². The summed E-state index contributed by atoms with van der Waals surface area (Å²) in [7, 11) is 0. The number of esters is 1. The van der Waals surface area contributed by atoms with E-state index < -0.39 is 75.8 Å². The number of fused-ring (bicyclic) bond motifs is 2. The number of carbonyl (C=O) groups is 1.